The van der Waals surface area contributed by atoms with Gasteiger partial charge in [-0.15, -0.1) is 0 Å². The summed E-state index contributed by atoms with van der Waals surface area (Å²) in [7, 11) is 0. The maximum Gasteiger partial charge on any atom is 0.303 e. The molecule has 150 valence electrons. The van der Waals surface area contributed by atoms with E-state index in [9.17, 15) is 4.79 Å². The van der Waals surface area contributed by atoms with E-state index in [1.54, 1.807) is 6.07 Å². The van der Waals surface area contributed by atoms with E-state index in [0.717, 1.165) is 5.56 Å². The number of ether oxygens (including phenoxy) is 2. The van der Waals surface area contributed by atoms with Crippen molar-refractivity contribution in [1.29, 1.82) is 0 Å². The molecule has 2 aromatic carbocycles. The van der Waals surface area contributed by atoms with Gasteiger partial charge in [-0.05, 0) is 30.2 Å². The third kappa shape index (κ3) is 3.84. The second kappa shape index (κ2) is 7.63. The number of hydrogen-bond acceptors (Lipinski definition) is 7. The van der Waals surface area contributed by atoms with Crippen molar-refractivity contribution in [2.24, 2.45) is 0 Å². The lowest BCUT2D eigenvalue weighted by atomic mass is 10.0. The van der Waals surface area contributed by atoms with E-state index in [1.807, 2.05) is 18.2 Å². The van der Waals surface area contributed by atoms with Gasteiger partial charge in [0.25, 0.3) is 0 Å². The second-order valence-corrected chi connectivity index (χ2v) is 7.16. The number of aromatic nitrogens is 2. The van der Waals surface area contributed by atoms with E-state index >= 15 is 0 Å². The number of halogens is 1. The van der Waals surface area contributed by atoms with Crippen LogP contribution in [0.3, 0.4) is 0 Å². The molecule has 1 aliphatic heterocycles. The Labute approximate surface area is 171 Å². The topological polar surface area (TPSA) is 134 Å². The van der Waals surface area contributed by atoms with Gasteiger partial charge in [-0.3, -0.25) is 4.79 Å². The molecule has 3 aromatic rings. The van der Waals surface area contributed by atoms with Gasteiger partial charge in [-0.25, -0.2) is 9.97 Å². The minimum Gasteiger partial charge on any atom is -0.481 e. The predicted octanol–water partition coefficient (Wildman–Crippen LogP) is 3.17. The first-order valence-electron chi connectivity index (χ1n) is 9.05. The number of anilines is 2. The van der Waals surface area contributed by atoms with Gasteiger partial charge in [0, 0.05) is 24.6 Å². The molecule has 0 unspecified atom stereocenters. The Balaban J connectivity index is 1.76. The number of aliphatic carboxylic acids is 1. The molecule has 0 atom stereocenters. The van der Waals surface area contributed by atoms with Crippen LogP contribution in [0.2, 0.25) is 5.02 Å². The monoisotopic (exact) mass is 414 g/mol. The summed E-state index contributed by atoms with van der Waals surface area (Å²) in [6, 6.07) is 7.35. The summed E-state index contributed by atoms with van der Waals surface area (Å²) < 4.78 is 10.8. The molecular weight excluding hydrogens is 396 g/mol. The molecule has 0 aliphatic carbocycles. The Bertz CT molecular complexity index is 1120. The van der Waals surface area contributed by atoms with E-state index in [2.05, 4.69) is 9.97 Å². The van der Waals surface area contributed by atoms with Crippen molar-refractivity contribution >= 4 is 39.8 Å². The lowest BCUT2D eigenvalue weighted by Gasteiger charge is -2.13. The Hall–Kier alpha value is -3.26. The zero-order valence-corrected chi connectivity index (χ0v) is 16.2. The van der Waals surface area contributed by atoms with Crippen molar-refractivity contribution in [3.63, 3.8) is 0 Å². The number of nitrogens with zero attached hydrogens (tertiary/aromatic N) is 2. The van der Waals surface area contributed by atoms with Crippen LogP contribution >= 0.6 is 11.6 Å². The molecule has 8 nitrogen and oxygen atoms in total. The highest BCUT2D eigenvalue weighted by Crippen LogP contribution is 2.37. The van der Waals surface area contributed by atoms with Crippen LogP contribution in [-0.2, 0) is 17.6 Å². The molecule has 2 heterocycles. The maximum absolute atomic E-state index is 10.8. The van der Waals surface area contributed by atoms with Crippen LogP contribution in [0.4, 0.5) is 11.4 Å². The summed E-state index contributed by atoms with van der Waals surface area (Å²) >= 11 is 6.26. The summed E-state index contributed by atoms with van der Waals surface area (Å²) in [6.07, 6.45) is 1.37. The molecule has 0 radical (unpaired) electrons. The molecule has 0 fully saturated rings. The average Bonchev–Trinajstić information content (AvgIpc) is 3.13. The molecule has 5 N–H and O–H groups in total. The summed E-state index contributed by atoms with van der Waals surface area (Å²) in [6.45, 7) is 0.199. The normalized spacial score (nSPS) is 12.4. The second-order valence-electron chi connectivity index (χ2n) is 6.79. The van der Waals surface area contributed by atoms with Crippen molar-refractivity contribution in [2.75, 3.05) is 18.3 Å². The molecule has 0 saturated carbocycles. The van der Waals surface area contributed by atoms with Gasteiger partial charge >= 0.3 is 5.97 Å². The predicted molar refractivity (Wildman–Crippen MR) is 109 cm³/mol. The minimum atomic E-state index is -0.855. The molecule has 0 saturated heterocycles. The number of nitrogen functional groups attached to an aromatic ring is 2. The Morgan fingerprint density at radius 1 is 1.17 bits per heavy atom. The fourth-order valence-electron chi connectivity index (χ4n) is 3.33. The highest BCUT2D eigenvalue weighted by atomic mass is 35.5. The average molecular weight is 415 g/mol. The number of carbonyl (C=O) groups is 1. The summed E-state index contributed by atoms with van der Waals surface area (Å²) in [5, 5.41) is 9.79. The maximum atomic E-state index is 10.8. The highest BCUT2D eigenvalue weighted by molar-refractivity contribution is 6.37. The molecule has 0 spiro atoms. The van der Waals surface area contributed by atoms with E-state index in [0.29, 0.717) is 64.6 Å². The number of rotatable bonds is 6. The van der Waals surface area contributed by atoms with E-state index < -0.39 is 5.97 Å². The van der Waals surface area contributed by atoms with E-state index in [4.69, 9.17) is 37.6 Å². The Morgan fingerprint density at radius 3 is 2.76 bits per heavy atom. The van der Waals surface area contributed by atoms with Crippen LogP contribution in [0.15, 0.2) is 24.3 Å². The molecule has 4 rings (SSSR count). The first-order valence-corrected chi connectivity index (χ1v) is 9.43. The molecule has 0 bridgehead atoms. The Morgan fingerprint density at radius 2 is 1.97 bits per heavy atom. The number of carboxylic acids is 1. The third-order valence-corrected chi connectivity index (χ3v) is 5.13. The van der Waals surface area contributed by atoms with Crippen molar-refractivity contribution in [2.45, 2.75) is 25.7 Å². The number of aryl methyl sites for hydroxylation is 1. The fraction of sp³-hybridized carbons (Fsp3) is 0.250. The van der Waals surface area contributed by atoms with Crippen molar-refractivity contribution in [3.05, 3.63) is 46.4 Å². The lowest BCUT2D eigenvalue weighted by Crippen LogP contribution is -2.07. The van der Waals surface area contributed by atoms with Gasteiger partial charge < -0.3 is 26.0 Å². The quantitative estimate of drug-likeness (QED) is 0.523. The van der Waals surface area contributed by atoms with Crippen molar-refractivity contribution < 1.29 is 19.4 Å². The zero-order valence-electron chi connectivity index (χ0n) is 15.4. The highest BCUT2D eigenvalue weighted by Gasteiger charge is 2.18. The van der Waals surface area contributed by atoms with Gasteiger partial charge in [0.05, 0.1) is 27.6 Å². The number of hydrogen-bond donors (Lipinski definition) is 3. The SMILES string of the molecule is Nc1cc2nc(CCCC(=O)O)nc(Cc3ccc4c(c3)OCO4)c2c(N)c1Cl. The zero-order chi connectivity index (χ0) is 20.5. The summed E-state index contributed by atoms with van der Waals surface area (Å²) in [5.74, 6) is 1.06. The van der Waals surface area contributed by atoms with Crippen molar-refractivity contribution in [3.8, 4) is 11.5 Å². The largest absolute Gasteiger partial charge is 0.481 e. The first kappa shape index (κ1) is 19.1. The van der Waals surface area contributed by atoms with Gasteiger partial charge in [-0.1, -0.05) is 17.7 Å². The van der Waals surface area contributed by atoms with Crippen LogP contribution in [0.25, 0.3) is 10.9 Å². The van der Waals surface area contributed by atoms with E-state index in [-0.39, 0.29) is 18.2 Å². The number of carboxylic acid groups (broad SMARTS) is 1. The fourth-order valence-corrected chi connectivity index (χ4v) is 3.48. The molecule has 9 heteroatoms. The minimum absolute atomic E-state index is 0.0454. The van der Waals surface area contributed by atoms with Gasteiger partial charge in [-0.2, -0.15) is 0 Å². The number of benzene rings is 2. The van der Waals surface area contributed by atoms with Crippen LogP contribution in [0.5, 0.6) is 11.5 Å². The molecule has 29 heavy (non-hydrogen) atoms. The number of nitrogens with two attached hydrogens (primary N) is 2. The van der Waals surface area contributed by atoms with Gasteiger partial charge in [0.1, 0.15) is 5.82 Å². The van der Waals surface area contributed by atoms with Crippen LogP contribution in [0.1, 0.15) is 29.9 Å². The van der Waals surface area contributed by atoms with Crippen LogP contribution in [0, 0.1) is 0 Å². The van der Waals surface area contributed by atoms with Crippen LogP contribution in [-0.4, -0.2) is 27.8 Å². The standard InChI is InChI=1S/C20H19ClN4O4/c21-19-11(22)8-13-18(20(19)23)12(24-16(25-13)2-1-3-17(26)27)6-10-4-5-14-15(7-10)29-9-28-14/h4-5,7-8H,1-3,6,9,22-23H2,(H,26,27). The van der Waals surface area contributed by atoms with Gasteiger partial charge in [0.15, 0.2) is 11.5 Å². The third-order valence-electron chi connectivity index (χ3n) is 4.71. The molecule has 0 amide bonds. The lowest BCUT2D eigenvalue weighted by molar-refractivity contribution is -0.137. The van der Waals surface area contributed by atoms with E-state index in [1.165, 1.54) is 0 Å². The summed E-state index contributed by atoms with van der Waals surface area (Å²) in [5.41, 5.74) is 15.1. The van der Waals surface area contributed by atoms with Crippen LogP contribution < -0.4 is 20.9 Å². The molecular formula is C20H19ClN4O4. The first-order chi connectivity index (χ1) is 13.9. The molecule has 1 aromatic heterocycles. The Kier molecular flexibility index (Phi) is 5.02. The summed E-state index contributed by atoms with van der Waals surface area (Å²) in [4.78, 5) is 20.0. The van der Waals surface area contributed by atoms with Gasteiger partial charge in [0.2, 0.25) is 6.79 Å². The van der Waals surface area contributed by atoms with Crippen molar-refractivity contribution in [1.82, 2.24) is 9.97 Å². The smallest absolute Gasteiger partial charge is 0.303 e. The molecule has 1 aliphatic rings. The number of fused-ring (bicyclic) bond motifs is 2.